The van der Waals surface area contributed by atoms with Crippen molar-refractivity contribution in [1.29, 1.82) is 0 Å². The maximum absolute atomic E-state index is 12.6. The molecule has 0 bridgehead atoms. The number of aliphatic hydroxyl groups is 1. The molecule has 0 saturated carbocycles. The molecule has 27 heavy (non-hydrogen) atoms. The number of carbonyl (C=O) groups excluding carboxylic acids is 2. The first-order valence-corrected chi connectivity index (χ1v) is 8.56. The molecule has 9 heteroatoms. The molecule has 2 aromatic carbocycles. The molecule has 0 heterocycles. The van der Waals surface area contributed by atoms with Gasteiger partial charge in [0.15, 0.2) is 6.10 Å². The van der Waals surface area contributed by atoms with Crippen molar-refractivity contribution in [1.82, 2.24) is 5.32 Å². The van der Waals surface area contributed by atoms with Crippen molar-refractivity contribution in [3.63, 3.8) is 0 Å². The van der Waals surface area contributed by atoms with Crippen molar-refractivity contribution in [2.24, 2.45) is 5.73 Å². The van der Waals surface area contributed by atoms with Gasteiger partial charge in [0, 0.05) is 10.9 Å². The molecule has 2 amide bonds. The van der Waals surface area contributed by atoms with Crippen LogP contribution in [0.1, 0.15) is 22.8 Å². The lowest BCUT2D eigenvalue weighted by Gasteiger charge is -2.19. The monoisotopic (exact) mass is 444 g/mol. The zero-order valence-electron chi connectivity index (χ0n) is 13.8. The molecule has 0 radical (unpaired) electrons. The molecule has 0 aliphatic rings. The Labute approximate surface area is 161 Å². The van der Waals surface area contributed by atoms with Gasteiger partial charge in [0.1, 0.15) is 6.04 Å². The number of rotatable bonds is 6. The smallest absolute Gasteiger partial charge is 0.378 e. The lowest BCUT2D eigenvalue weighted by atomic mass is 10.0. The Morgan fingerprint density at radius 1 is 1.07 bits per heavy atom. The predicted molar refractivity (Wildman–Crippen MR) is 95.4 cm³/mol. The number of primary amides is 1. The number of benzene rings is 2. The average molecular weight is 445 g/mol. The van der Waals surface area contributed by atoms with Crippen LogP contribution in [0.4, 0.5) is 13.2 Å². The Morgan fingerprint density at radius 3 is 2.11 bits per heavy atom. The van der Waals surface area contributed by atoms with Crippen LogP contribution < -0.4 is 11.1 Å². The molecule has 0 saturated heterocycles. The number of nitrogens with one attached hydrogen (secondary N) is 1. The Balaban J connectivity index is 2.07. The number of carbonyl (C=O) groups is 2. The molecule has 0 unspecified atom stereocenters. The van der Waals surface area contributed by atoms with Crippen molar-refractivity contribution in [2.45, 2.75) is 24.7 Å². The summed E-state index contributed by atoms with van der Waals surface area (Å²) in [5.41, 5.74) is 5.09. The van der Waals surface area contributed by atoms with Crippen LogP contribution in [0.5, 0.6) is 0 Å². The second-order valence-electron chi connectivity index (χ2n) is 5.82. The van der Waals surface area contributed by atoms with Gasteiger partial charge in [-0.25, -0.2) is 0 Å². The van der Waals surface area contributed by atoms with Gasteiger partial charge in [-0.3, -0.25) is 9.59 Å². The normalized spacial score (nSPS) is 13.7. The molecule has 144 valence electrons. The van der Waals surface area contributed by atoms with Crippen LogP contribution in [0.2, 0.25) is 0 Å². The van der Waals surface area contributed by atoms with Gasteiger partial charge in [-0.05, 0) is 35.4 Å². The van der Waals surface area contributed by atoms with E-state index in [9.17, 15) is 27.9 Å². The topological polar surface area (TPSA) is 92.4 Å². The highest BCUT2D eigenvalue weighted by Crippen LogP contribution is 2.30. The van der Waals surface area contributed by atoms with Crippen molar-refractivity contribution in [2.75, 3.05) is 0 Å². The van der Waals surface area contributed by atoms with Gasteiger partial charge in [0.2, 0.25) is 5.91 Å². The number of halogens is 4. The molecular formula is C18H16BrF3N2O3. The highest BCUT2D eigenvalue weighted by molar-refractivity contribution is 9.10. The second-order valence-corrected chi connectivity index (χ2v) is 6.73. The average Bonchev–Trinajstić information content (AvgIpc) is 2.61. The van der Waals surface area contributed by atoms with Crippen LogP contribution >= 0.6 is 15.9 Å². The first-order valence-electron chi connectivity index (χ1n) is 7.77. The number of amides is 2. The van der Waals surface area contributed by atoms with Crippen molar-refractivity contribution < 1.29 is 27.9 Å². The minimum Gasteiger partial charge on any atom is -0.378 e. The Morgan fingerprint density at radius 2 is 1.63 bits per heavy atom. The molecule has 4 N–H and O–H groups in total. The van der Waals surface area contributed by atoms with E-state index in [0.29, 0.717) is 0 Å². The third-order valence-electron chi connectivity index (χ3n) is 3.82. The fraction of sp³-hybridized carbons (Fsp3) is 0.222. The molecule has 0 spiro atoms. The summed E-state index contributed by atoms with van der Waals surface area (Å²) >= 11 is 3.28. The van der Waals surface area contributed by atoms with E-state index in [-0.39, 0.29) is 12.0 Å². The van der Waals surface area contributed by atoms with Crippen molar-refractivity contribution in [3.8, 4) is 0 Å². The summed E-state index contributed by atoms with van der Waals surface area (Å²) in [5.74, 6) is -1.73. The number of hydrogen-bond acceptors (Lipinski definition) is 3. The minimum atomic E-state index is -4.52. The number of hydrogen-bond donors (Lipinski definition) is 3. The molecule has 2 atom stereocenters. The van der Waals surface area contributed by atoms with Crippen molar-refractivity contribution in [3.05, 3.63) is 69.7 Å². The SMILES string of the molecule is NC(=O)[C@H](Cc1ccc(Br)cc1)NC(=O)[C@H](O)c1ccc(C(F)(F)F)cc1. The molecule has 2 rings (SSSR count). The van der Waals surface area contributed by atoms with E-state index in [1.54, 1.807) is 24.3 Å². The van der Waals surface area contributed by atoms with Gasteiger partial charge in [0.25, 0.3) is 5.91 Å². The van der Waals surface area contributed by atoms with Crippen LogP contribution in [0.3, 0.4) is 0 Å². The fourth-order valence-corrected chi connectivity index (χ4v) is 2.60. The molecular weight excluding hydrogens is 429 g/mol. The van der Waals surface area contributed by atoms with E-state index in [1.807, 2.05) is 0 Å². The highest BCUT2D eigenvalue weighted by Gasteiger charge is 2.31. The molecule has 0 aliphatic carbocycles. The van der Waals surface area contributed by atoms with Crippen molar-refractivity contribution >= 4 is 27.7 Å². The largest absolute Gasteiger partial charge is 0.416 e. The predicted octanol–water partition coefficient (Wildman–Crippen LogP) is 2.71. The minimum absolute atomic E-state index is 0.0348. The zero-order chi connectivity index (χ0) is 20.2. The van der Waals surface area contributed by atoms with Crippen LogP contribution in [0, 0.1) is 0 Å². The first kappa shape index (κ1) is 20.9. The van der Waals surface area contributed by atoms with Crippen LogP contribution in [-0.4, -0.2) is 23.0 Å². The van der Waals surface area contributed by atoms with Gasteiger partial charge in [0.05, 0.1) is 5.56 Å². The van der Waals surface area contributed by atoms with E-state index in [4.69, 9.17) is 5.73 Å². The summed E-state index contributed by atoms with van der Waals surface area (Å²) in [5, 5.41) is 12.4. The summed E-state index contributed by atoms with van der Waals surface area (Å²) in [4.78, 5) is 23.8. The summed E-state index contributed by atoms with van der Waals surface area (Å²) in [6, 6.07) is 9.43. The highest BCUT2D eigenvalue weighted by atomic mass is 79.9. The number of alkyl halides is 3. The van der Waals surface area contributed by atoms with Gasteiger partial charge in [-0.2, -0.15) is 13.2 Å². The quantitative estimate of drug-likeness (QED) is 0.639. The van der Waals surface area contributed by atoms with E-state index in [2.05, 4.69) is 21.2 Å². The Kier molecular flexibility index (Phi) is 6.61. The molecule has 0 aliphatic heterocycles. The molecule has 2 aromatic rings. The Hall–Kier alpha value is -2.39. The van der Waals surface area contributed by atoms with Gasteiger partial charge >= 0.3 is 6.18 Å². The van der Waals surface area contributed by atoms with Gasteiger partial charge in [-0.15, -0.1) is 0 Å². The van der Waals surface area contributed by atoms with E-state index >= 15 is 0 Å². The molecule has 5 nitrogen and oxygen atoms in total. The summed E-state index contributed by atoms with van der Waals surface area (Å²) in [6.45, 7) is 0. The van der Waals surface area contributed by atoms with E-state index in [0.717, 1.165) is 34.3 Å². The lowest BCUT2D eigenvalue weighted by Crippen LogP contribution is -2.47. The van der Waals surface area contributed by atoms with Gasteiger partial charge in [-0.1, -0.05) is 40.2 Å². The number of nitrogens with two attached hydrogens (primary N) is 1. The summed E-state index contributed by atoms with van der Waals surface area (Å²) in [6.07, 6.45) is -6.15. The zero-order valence-corrected chi connectivity index (χ0v) is 15.4. The van der Waals surface area contributed by atoms with Crippen LogP contribution in [0.25, 0.3) is 0 Å². The first-order chi connectivity index (χ1) is 12.6. The summed E-state index contributed by atoms with van der Waals surface area (Å²) in [7, 11) is 0. The van der Waals surface area contributed by atoms with E-state index < -0.39 is 35.7 Å². The second kappa shape index (κ2) is 8.53. The van der Waals surface area contributed by atoms with Crippen LogP contribution in [0.15, 0.2) is 53.0 Å². The molecule has 0 aromatic heterocycles. The lowest BCUT2D eigenvalue weighted by molar-refractivity contribution is -0.137. The standard InChI is InChI=1S/C18H16BrF3N2O3/c19-13-7-1-10(2-8-13)9-14(16(23)26)24-17(27)15(25)11-3-5-12(6-4-11)18(20,21)22/h1-8,14-15,25H,9H2,(H2,23,26)(H,24,27)/t14-,15+/m0/s1. The Bertz CT molecular complexity index is 808. The van der Waals surface area contributed by atoms with Crippen LogP contribution in [-0.2, 0) is 22.2 Å². The van der Waals surface area contributed by atoms with E-state index in [1.165, 1.54) is 0 Å². The third kappa shape index (κ3) is 5.80. The maximum atomic E-state index is 12.6. The summed E-state index contributed by atoms with van der Waals surface area (Å²) < 4.78 is 38.6. The maximum Gasteiger partial charge on any atom is 0.416 e. The molecule has 0 fully saturated rings. The third-order valence-corrected chi connectivity index (χ3v) is 4.34. The number of aliphatic hydroxyl groups excluding tert-OH is 1. The van der Waals surface area contributed by atoms with Gasteiger partial charge < -0.3 is 16.2 Å². The fourth-order valence-electron chi connectivity index (χ4n) is 2.34.